The van der Waals surface area contributed by atoms with Crippen LogP contribution in [0.1, 0.15) is 36.3 Å². The Morgan fingerprint density at radius 2 is 1.80 bits per heavy atom. The quantitative estimate of drug-likeness (QED) is 0.777. The number of benzene rings is 2. The maximum Gasteiger partial charge on any atom is 0.268 e. The monoisotopic (exact) mass is 355 g/mol. The van der Waals surface area contributed by atoms with Crippen LogP contribution in [0.5, 0.6) is 0 Å². The van der Waals surface area contributed by atoms with Gasteiger partial charge in [-0.1, -0.05) is 30.2 Å². The summed E-state index contributed by atoms with van der Waals surface area (Å²) in [7, 11) is -3.61. The maximum atomic E-state index is 12.9. The fourth-order valence-corrected chi connectivity index (χ4v) is 5.08. The number of aromatic nitrogens is 1. The Balaban J connectivity index is 1.77. The molecule has 1 aliphatic rings. The van der Waals surface area contributed by atoms with E-state index in [0.717, 1.165) is 35.8 Å². The third-order valence-electron chi connectivity index (χ3n) is 5.16. The molecule has 1 N–H and O–H groups in total. The van der Waals surface area contributed by atoms with E-state index in [0.29, 0.717) is 5.52 Å². The van der Waals surface area contributed by atoms with Gasteiger partial charge in [-0.2, -0.15) is 0 Å². The molecule has 0 aliphatic heterocycles. The van der Waals surface area contributed by atoms with Gasteiger partial charge >= 0.3 is 0 Å². The van der Waals surface area contributed by atoms with Gasteiger partial charge in [0.05, 0.1) is 16.5 Å². The molecule has 1 saturated carbocycles. The minimum absolute atomic E-state index is 0.154. The van der Waals surface area contributed by atoms with Gasteiger partial charge in [0.15, 0.2) is 0 Å². The van der Waals surface area contributed by atoms with Crippen molar-refractivity contribution in [3.63, 3.8) is 0 Å². The normalized spacial score (nSPS) is 21.0. The Labute approximate surface area is 147 Å². The fraction of sp³-hybridized carbons (Fsp3) is 0.300. The minimum atomic E-state index is -3.61. The zero-order chi connectivity index (χ0) is 17.6. The van der Waals surface area contributed by atoms with Gasteiger partial charge < -0.3 is 5.11 Å². The summed E-state index contributed by atoms with van der Waals surface area (Å²) in [5.41, 5.74) is 2.77. The average Bonchev–Trinajstić information content (AvgIpc) is 3.20. The van der Waals surface area contributed by atoms with E-state index in [1.54, 1.807) is 30.5 Å². The lowest BCUT2D eigenvalue weighted by Gasteiger charge is -2.15. The van der Waals surface area contributed by atoms with E-state index in [9.17, 15) is 13.5 Å². The predicted octanol–water partition coefficient (Wildman–Crippen LogP) is 3.82. The van der Waals surface area contributed by atoms with Crippen LogP contribution in [0.2, 0.25) is 0 Å². The second-order valence-electron chi connectivity index (χ2n) is 6.85. The Bertz CT molecular complexity index is 1020. The Morgan fingerprint density at radius 3 is 2.48 bits per heavy atom. The Morgan fingerprint density at radius 1 is 1.04 bits per heavy atom. The van der Waals surface area contributed by atoms with E-state index in [-0.39, 0.29) is 16.9 Å². The molecule has 1 aliphatic carbocycles. The van der Waals surface area contributed by atoms with E-state index < -0.39 is 10.0 Å². The lowest BCUT2D eigenvalue weighted by molar-refractivity contribution is 0.164. The summed E-state index contributed by atoms with van der Waals surface area (Å²) in [5.74, 6) is 0.154. The van der Waals surface area contributed by atoms with Gasteiger partial charge in [0.1, 0.15) is 0 Å². The fourth-order valence-electron chi connectivity index (χ4n) is 3.73. The lowest BCUT2D eigenvalue weighted by atomic mass is 9.95. The highest BCUT2D eigenvalue weighted by atomic mass is 32.2. The van der Waals surface area contributed by atoms with Crippen LogP contribution in [-0.4, -0.2) is 23.6 Å². The third-order valence-corrected chi connectivity index (χ3v) is 6.87. The molecule has 1 fully saturated rings. The largest absolute Gasteiger partial charge is 0.392 e. The number of nitrogens with zero attached hydrogens (tertiary/aromatic N) is 1. The third kappa shape index (κ3) is 2.77. The van der Waals surface area contributed by atoms with Crippen molar-refractivity contribution in [2.45, 2.75) is 43.1 Å². The molecule has 130 valence electrons. The van der Waals surface area contributed by atoms with Crippen molar-refractivity contribution in [1.29, 1.82) is 0 Å². The topological polar surface area (TPSA) is 59.3 Å². The summed E-state index contributed by atoms with van der Waals surface area (Å²) < 4.78 is 27.2. The number of fused-ring (bicyclic) bond motifs is 1. The molecule has 0 unspecified atom stereocenters. The first-order valence-corrected chi connectivity index (χ1v) is 10.0. The number of hydrogen-bond acceptors (Lipinski definition) is 3. The first kappa shape index (κ1) is 16.4. The molecule has 2 atom stereocenters. The molecule has 4 nitrogen and oxygen atoms in total. The molecule has 2 aromatic carbocycles. The van der Waals surface area contributed by atoms with Crippen molar-refractivity contribution < 1.29 is 13.5 Å². The van der Waals surface area contributed by atoms with Crippen LogP contribution in [0.3, 0.4) is 0 Å². The van der Waals surface area contributed by atoms with Crippen LogP contribution in [0.4, 0.5) is 0 Å². The molecule has 0 bridgehead atoms. The molecule has 25 heavy (non-hydrogen) atoms. The van der Waals surface area contributed by atoms with Crippen LogP contribution in [0.25, 0.3) is 10.9 Å². The Hall–Kier alpha value is -2.11. The molecule has 0 radical (unpaired) electrons. The lowest BCUT2D eigenvalue weighted by Crippen LogP contribution is -2.12. The highest BCUT2D eigenvalue weighted by Crippen LogP contribution is 2.36. The van der Waals surface area contributed by atoms with Crippen molar-refractivity contribution in [2.75, 3.05) is 0 Å². The highest BCUT2D eigenvalue weighted by Gasteiger charge is 2.27. The van der Waals surface area contributed by atoms with Crippen LogP contribution < -0.4 is 0 Å². The van der Waals surface area contributed by atoms with Crippen molar-refractivity contribution >= 4 is 20.9 Å². The van der Waals surface area contributed by atoms with Crippen molar-refractivity contribution in [1.82, 2.24) is 3.97 Å². The van der Waals surface area contributed by atoms with Gasteiger partial charge in [-0.05, 0) is 55.7 Å². The molecule has 0 spiro atoms. The second-order valence-corrected chi connectivity index (χ2v) is 8.67. The summed E-state index contributed by atoms with van der Waals surface area (Å²) >= 11 is 0. The predicted molar refractivity (Wildman–Crippen MR) is 98.3 cm³/mol. The van der Waals surface area contributed by atoms with Gasteiger partial charge in [-0.3, -0.25) is 0 Å². The van der Waals surface area contributed by atoms with E-state index in [1.807, 2.05) is 31.2 Å². The first-order chi connectivity index (χ1) is 12.0. The molecule has 4 rings (SSSR count). The zero-order valence-electron chi connectivity index (χ0n) is 14.1. The summed E-state index contributed by atoms with van der Waals surface area (Å²) in [6.45, 7) is 1.93. The van der Waals surface area contributed by atoms with Crippen LogP contribution in [-0.2, 0) is 10.0 Å². The van der Waals surface area contributed by atoms with Gasteiger partial charge in [-0.25, -0.2) is 12.4 Å². The second kappa shape index (κ2) is 6.00. The highest BCUT2D eigenvalue weighted by molar-refractivity contribution is 7.90. The molecule has 0 amide bonds. The summed E-state index contributed by atoms with van der Waals surface area (Å²) in [4.78, 5) is 0.283. The number of aliphatic hydroxyl groups excluding tert-OH is 1. The van der Waals surface area contributed by atoms with Crippen LogP contribution >= 0.6 is 0 Å². The van der Waals surface area contributed by atoms with E-state index >= 15 is 0 Å². The smallest absolute Gasteiger partial charge is 0.268 e. The number of rotatable bonds is 3. The van der Waals surface area contributed by atoms with Crippen LogP contribution in [0.15, 0.2) is 59.6 Å². The number of hydrogen-bond donors (Lipinski definition) is 1. The number of aryl methyl sites for hydroxylation is 1. The minimum Gasteiger partial charge on any atom is -0.392 e. The maximum absolute atomic E-state index is 12.9. The van der Waals surface area contributed by atoms with Crippen LogP contribution in [0, 0.1) is 6.92 Å². The molecule has 1 aromatic heterocycles. The van der Waals surface area contributed by atoms with Crippen molar-refractivity contribution in [3.8, 4) is 0 Å². The average molecular weight is 355 g/mol. The molecule has 1 heterocycles. The standard InChI is InChI=1S/C20H21NO3S/c1-14-5-8-17(9-6-14)25(23,24)21-12-11-16-13-15(7-10-19(16)21)18-3-2-4-20(18)22/h5-13,18,20,22H,2-4H2,1H3/t18-,20+/m0/s1. The van der Waals surface area contributed by atoms with Gasteiger partial charge in [-0.15, -0.1) is 0 Å². The molecular weight excluding hydrogens is 334 g/mol. The molecule has 5 heteroatoms. The van der Waals surface area contributed by atoms with E-state index in [2.05, 4.69) is 0 Å². The van der Waals surface area contributed by atoms with E-state index in [1.165, 1.54) is 3.97 Å². The summed E-state index contributed by atoms with van der Waals surface area (Å²) in [6, 6.07) is 14.5. The van der Waals surface area contributed by atoms with Gasteiger partial charge in [0.25, 0.3) is 10.0 Å². The van der Waals surface area contributed by atoms with E-state index in [4.69, 9.17) is 0 Å². The number of aliphatic hydroxyl groups is 1. The molecular formula is C20H21NO3S. The SMILES string of the molecule is Cc1ccc(S(=O)(=O)n2ccc3cc([C@@H]4CCC[C@H]4O)ccc32)cc1. The first-order valence-electron chi connectivity index (χ1n) is 8.58. The zero-order valence-corrected chi connectivity index (χ0v) is 14.9. The summed E-state index contributed by atoms with van der Waals surface area (Å²) in [5, 5.41) is 11.0. The van der Waals surface area contributed by atoms with Gasteiger partial charge in [0.2, 0.25) is 0 Å². The van der Waals surface area contributed by atoms with Crippen molar-refractivity contribution in [2.24, 2.45) is 0 Å². The summed E-state index contributed by atoms with van der Waals surface area (Å²) in [6.07, 6.45) is 4.16. The molecule has 0 saturated heterocycles. The van der Waals surface area contributed by atoms with Gasteiger partial charge in [0, 0.05) is 17.5 Å². The Kier molecular flexibility index (Phi) is 3.93. The molecule has 3 aromatic rings. The van der Waals surface area contributed by atoms with Crippen molar-refractivity contribution in [3.05, 3.63) is 65.9 Å².